The van der Waals surface area contributed by atoms with Gasteiger partial charge in [0.25, 0.3) is 0 Å². The molecule has 3 nitrogen and oxygen atoms in total. The number of hydrogen-bond donors (Lipinski definition) is 0. The predicted octanol–water partition coefficient (Wildman–Crippen LogP) is 5.26. The summed E-state index contributed by atoms with van der Waals surface area (Å²) >= 11 is 6.79. The molecule has 2 aromatic rings. The highest BCUT2D eigenvalue weighted by Gasteiger charge is 2.23. The maximum Gasteiger partial charge on any atom is 0.222 e. The standard InChI is InChI=1S/C24H24ClN2O/c1-15-8-6-7-9-17(15)22-18-11-10-16(26(2)3)14-21(18)28-24-19(22)12-13-20(23(24)25)27(4)5/h6-14H,1-5H3/q+1. The molecule has 0 saturated carbocycles. The second-order valence-corrected chi connectivity index (χ2v) is 7.91. The highest BCUT2D eigenvalue weighted by molar-refractivity contribution is 6.33. The van der Waals surface area contributed by atoms with E-state index in [-0.39, 0.29) is 0 Å². The molecule has 4 rings (SSSR count). The summed E-state index contributed by atoms with van der Waals surface area (Å²) in [7, 11) is 8.03. The number of fused-ring (bicyclic) bond motifs is 2. The molecule has 0 unspecified atom stereocenters. The lowest BCUT2D eigenvalue weighted by Gasteiger charge is -2.19. The number of rotatable bonds is 2. The minimum absolute atomic E-state index is 0.634. The van der Waals surface area contributed by atoms with Crippen LogP contribution in [0.5, 0.6) is 0 Å². The topological polar surface area (TPSA) is 19.4 Å². The van der Waals surface area contributed by atoms with Crippen LogP contribution >= 0.6 is 11.6 Å². The fourth-order valence-corrected chi connectivity index (χ4v) is 4.04. The second-order valence-electron chi connectivity index (χ2n) is 7.54. The van der Waals surface area contributed by atoms with Gasteiger partial charge in [-0.1, -0.05) is 35.9 Å². The Morgan fingerprint density at radius 1 is 0.929 bits per heavy atom. The Hall–Kier alpha value is -2.78. The van der Waals surface area contributed by atoms with Crippen molar-refractivity contribution in [2.75, 3.05) is 33.1 Å². The number of aryl methyl sites for hydroxylation is 1. The van der Waals surface area contributed by atoms with Crippen LogP contribution in [-0.2, 0) is 0 Å². The predicted molar refractivity (Wildman–Crippen MR) is 119 cm³/mol. The van der Waals surface area contributed by atoms with E-state index in [1.807, 2.05) is 32.8 Å². The molecule has 142 valence electrons. The largest absolute Gasteiger partial charge is 0.454 e. The zero-order valence-electron chi connectivity index (χ0n) is 16.9. The first kappa shape index (κ1) is 18.6. The molecule has 0 aromatic heterocycles. The van der Waals surface area contributed by atoms with E-state index in [4.69, 9.17) is 16.0 Å². The molecule has 0 bridgehead atoms. The fraction of sp³-hybridized carbons (Fsp3) is 0.208. The molecule has 0 radical (unpaired) electrons. The zero-order chi connectivity index (χ0) is 20.0. The van der Waals surface area contributed by atoms with Crippen LogP contribution in [0.15, 0.2) is 59.0 Å². The third-order valence-electron chi connectivity index (χ3n) is 5.21. The maximum absolute atomic E-state index is 6.79. The Bertz CT molecular complexity index is 1230. The Kier molecular flexibility index (Phi) is 4.64. The molecular weight excluding hydrogens is 368 g/mol. The average molecular weight is 392 g/mol. The molecule has 0 spiro atoms. The number of nitrogens with zero attached hydrogens (tertiary/aromatic N) is 2. The van der Waals surface area contributed by atoms with Gasteiger partial charge in [0.15, 0.2) is 10.8 Å². The van der Waals surface area contributed by atoms with Crippen molar-refractivity contribution >= 4 is 28.3 Å². The molecule has 0 saturated heterocycles. The van der Waals surface area contributed by atoms with E-state index in [1.54, 1.807) is 0 Å². The van der Waals surface area contributed by atoms with Crippen molar-refractivity contribution in [2.24, 2.45) is 0 Å². The van der Waals surface area contributed by atoms with Gasteiger partial charge in [0.1, 0.15) is 19.7 Å². The van der Waals surface area contributed by atoms with Crippen LogP contribution in [0.25, 0.3) is 33.4 Å². The van der Waals surface area contributed by atoms with Gasteiger partial charge in [0, 0.05) is 48.4 Å². The third-order valence-corrected chi connectivity index (χ3v) is 5.57. The first-order chi connectivity index (χ1) is 13.4. The van der Waals surface area contributed by atoms with Crippen molar-refractivity contribution in [3.63, 3.8) is 0 Å². The van der Waals surface area contributed by atoms with E-state index < -0.39 is 0 Å². The van der Waals surface area contributed by atoms with Crippen molar-refractivity contribution in [1.29, 1.82) is 0 Å². The van der Waals surface area contributed by atoms with Crippen molar-refractivity contribution in [2.45, 2.75) is 6.92 Å². The average Bonchev–Trinajstić information content (AvgIpc) is 2.67. The molecule has 0 fully saturated rings. The summed E-state index contributed by atoms with van der Waals surface area (Å²) in [4.78, 5) is 2.07. The molecule has 28 heavy (non-hydrogen) atoms. The lowest BCUT2D eigenvalue weighted by Crippen LogP contribution is -2.23. The van der Waals surface area contributed by atoms with Crippen molar-refractivity contribution in [1.82, 2.24) is 4.58 Å². The summed E-state index contributed by atoms with van der Waals surface area (Å²) in [5.74, 6) is 0.717. The second kappa shape index (κ2) is 6.99. The highest BCUT2D eigenvalue weighted by atomic mass is 35.5. The van der Waals surface area contributed by atoms with E-state index >= 15 is 0 Å². The Balaban J connectivity index is 2.22. The van der Waals surface area contributed by atoms with Crippen molar-refractivity contribution < 1.29 is 4.42 Å². The maximum atomic E-state index is 6.79. The SMILES string of the molecule is Cc1ccccc1-c1c2ccc(=[N+](C)C)c(Cl)c-2oc2cc(N(C)C)ccc12. The Morgan fingerprint density at radius 2 is 1.68 bits per heavy atom. The lowest BCUT2D eigenvalue weighted by atomic mass is 9.91. The molecule has 0 N–H and O–H groups in total. The number of halogens is 1. The van der Waals surface area contributed by atoms with Crippen LogP contribution in [0.3, 0.4) is 0 Å². The molecular formula is C24H24ClN2O+. The van der Waals surface area contributed by atoms with Gasteiger partial charge in [0.2, 0.25) is 5.36 Å². The van der Waals surface area contributed by atoms with E-state index in [0.29, 0.717) is 5.02 Å². The summed E-state index contributed by atoms with van der Waals surface area (Å²) in [5, 5.41) is 2.66. The number of benzene rings is 3. The van der Waals surface area contributed by atoms with Gasteiger partial charge < -0.3 is 9.32 Å². The summed E-state index contributed by atoms with van der Waals surface area (Å²) in [5.41, 5.74) is 6.52. The van der Waals surface area contributed by atoms with Gasteiger partial charge in [-0.2, -0.15) is 0 Å². The lowest BCUT2D eigenvalue weighted by molar-refractivity contribution is 0.617. The number of anilines is 1. The van der Waals surface area contributed by atoms with Gasteiger partial charge in [-0.3, -0.25) is 0 Å². The van der Waals surface area contributed by atoms with E-state index in [1.165, 1.54) is 11.1 Å². The van der Waals surface area contributed by atoms with Crippen LogP contribution in [-0.4, -0.2) is 28.2 Å². The van der Waals surface area contributed by atoms with Crippen LogP contribution in [0, 0.1) is 6.92 Å². The van der Waals surface area contributed by atoms with Gasteiger partial charge in [-0.25, -0.2) is 4.58 Å². The van der Waals surface area contributed by atoms with Crippen molar-refractivity contribution in [3.8, 4) is 22.5 Å². The van der Waals surface area contributed by atoms with E-state index in [0.717, 1.165) is 38.9 Å². The molecule has 1 aliphatic carbocycles. The summed E-state index contributed by atoms with van der Waals surface area (Å²) < 4.78 is 8.38. The first-order valence-corrected chi connectivity index (χ1v) is 9.69. The molecule has 2 aliphatic rings. The molecule has 2 aromatic carbocycles. The molecule has 4 heteroatoms. The highest BCUT2D eigenvalue weighted by Crippen LogP contribution is 2.43. The van der Waals surface area contributed by atoms with E-state index in [9.17, 15) is 0 Å². The minimum Gasteiger partial charge on any atom is -0.454 e. The Morgan fingerprint density at radius 3 is 2.36 bits per heavy atom. The zero-order valence-corrected chi connectivity index (χ0v) is 17.6. The quantitative estimate of drug-likeness (QED) is 0.343. The summed E-state index contributed by atoms with van der Waals surface area (Å²) in [6.45, 7) is 2.14. The van der Waals surface area contributed by atoms with Crippen LogP contribution < -0.4 is 14.8 Å². The van der Waals surface area contributed by atoms with Gasteiger partial charge in [-0.05, 0) is 36.2 Å². The first-order valence-electron chi connectivity index (χ1n) is 9.31. The monoisotopic (exact) mass is 391 g/mol. The smallest absolute Gasteiger partial charge is 0.222 e. The third kappa shape index (κ3) is 2.96. The minimum atomic E-state index is 0.634. The molecule has 1 aliphatic heterocycles. The normalized spacial score (nSPS) is 11.2. The van der Waals surface area contributed by atoms with E-state index in [2.05, 4.69) is 66.4 Å². The van der Waals surface area contributed by atoms with Crippen LogP contribution in [0.4, 0.5) is 5.69 Å². The number of hydrogen-bond acceptors (Lipinski definition) is 2. The van der Waals surface area contributed by atoms with Gasteiger partial charge in [-0.15, -0.1) is 0 Å². The van der Waals surface area contributed by atoms with Crippen LogP contribution in [0.2, 0.25) is 5.02 Å². The van der Waals surface area contributed by atoms with Crippen molar-refractivity contribution in [3.05, 3.63) is 70.5 Å². The van der Waals surface area contributed by atoms with Crippen LogP contribution in [0.1, 0.15) is 5.56 Å². The molecule has 1 heterocycles. The molecule has 0 amide bonds. The summed E-state index contributed by atoms with van der Waals surface area (Å²) in [6, 6.07) is 19.0. The summed E-state index contributed by atoms with van der Waals surface area (Å²) in [6.07, 6.45) is 0. The molecule has 0 atom stereocenters. The van der Waals surface area contributed by atoms with Gasteiger partial charge >= 0.3 is 0 Å². The fourth-order valence-electron chi connectivity index (χ4n) is 3.67. The Labute approximate surface area is 170 Å². The van der Waals surface area contributed by atoms with Gasteiger partial charge in [0.05, 0.1) is 0 Å².